The number of benzene rings is 1. The van der Waals surface area contributed by atoms with Crippen LogP contribution >= 0.6 is 27.5 Å². The van der Waals surface area contributed by atoms with Gasteiger partial charge in [-0.05, 0) is 17.7 Å². The van der Waals surface area contributed by atoms with Crippen LogP contribution in [0.2, 0.25) is 5.02 Å². The molecule has 0 aliphatic carbocycles. The maximum atomic E-state index is 8.78. The first kappa shape index (κ1) is 15.6. The van der Waals surface area contributed by atoms with Crippen LogP contribution in [-0.2, 0) is 6.54 Å². The third kappa shape index (κ3) is 3.46. The second-order valence-electron chi connectivity index (χ2n) is 4.43. The lowest BCUT2D eigenvalue weighted by atomic mass is 10.2. The number of aromatic nitrogens is 1. The zero-order valence-electron chi connectivity index (χ0n) is 11.3. The molecule has 7 heteroatoms. The van der Waals surface area contributed by atoms with Gasteiger partial charge in [0.25, 0.3) is 0 Å². The highest BCUT2D eigenvalue weighted by molar-refractivity contribution is 9.10. The van der Waals surface area contributed by atoms with Gasteiger partial charge in [-0.2, -0.15) is 0 Å². The molecular formula is C14H14BrClN4O. The molecule has 3 N–H and O–H groups in total. The van der Waals surface area contributed by atoms with Gasteiger partial charge < -0.3 is 15.8 Å². The quantitative estimate of drug-likeness (QED) is 0.375. The second kappa shape index (κ2) is 6.78. The van der Waals surface area contributed by atoms with Crippen LogP contribution in [0.1, 0.15) is 11.1 Å². The third-order valence-electron chi connectivity index (χ3n) is 2.98. The summed E-state index contributed by atoms with van der Waals surface area (Å²) in [4.78, 5) is 6.17. The molecule has 0 amide bonds. The Morgan fingerprint density at radius 1 is 1.43 bits per heavy atom. The van der Waals surface area contributed by atoms with Crippen molar-refractivity contribution < 1.29 is 5.21 Å². The fourth-order valence-corrected chi connectivity index (χ4v) is 2.67. The summed E-state index contributed by atoms with van der Waals surface area (Å²) in [5, 5.41) is 12.1. The Kier molecular flexibility index (Phi) is 5.03. The van der Waals surface area contributed by atoms with Crippen molar-refractivity contribution in [3.05, 3.63) is 57.2 Å². The summed E-state index contributed by atoms with van der Waals surface area (Å²) in [5.41, 5.74) is 7.15. The molecule has 21 heavy (non-hydrogen) atoms. The van der Waals surface area contributed by atoms with Crippen molar-refractivity contribution in [2.75, 3.05) is 11.9 Å². The lowest BCUT2D eigenvalue weighted by molar-refractivity contribution is 0.318. The average Bonchev–Trinajstić information content (AvgIpc) is 2.49. The number of amidine groups is 1. The second-order valence-corrected chi connectivity index (χ2v) is 5.66. The van der Waals surface area contributed by atoms with Crippen molar-refractivity contribution in [3.63, 3.8) is 0 Å². The van der Waals surface area contributed by atoms with Crippen LogP contribution < -0.4 is 10.6 Å². The Morgan fingerprint density at radius 2 is 2.14 bits per heavy atom. The highest BCUT2D eigenvalue weighted by Gasteiger charge is 2.15. The van der Waals surface area contributed by atoms with E-state index < -0.39 is 0 Å². The van der Waals surface area contributed by atoms with E-state index in [0.29, 0.717) is 22.9 Å². The van der Waals surface area contributed by atoms with Gasteiger partial charge in [0.1, 0.15) is 5.82 Å². The van der Waals surface area contributed by atoms with Crippen LogP contribution in [0, 0.1) is 0 Å². The minimum absolute atomic E-state index is 0.0436. The molecule has 0 aliphatic heterocycles. The van der Waals surface area contributed by atoms with Crippen molar-refractivity contribution in [2.24, 2.45) is 10.9 Å². The number of anilines is 1. The number of hydrogen-bond acceptors (Lipinski definition) is 4. The largest absolute Gasteiger partial charge is 0.409 e. The Morgan fingerprint density at radius 3 is 2.81 bits per heavy atom. The number of halogens is 2. The van der Waals surface area contributed by atoms with Crippen LogP contribution in [-0.4, -0.2) is 23.1 Å². The molecule has 0 radical (unpaired) electrons. The molecule has 0 saturated heterocycles. The number of hydrogen-bond donors (Lipinski definition) is 2. The molecule has 110 valence electrons. The molecule has 1 heterocycles. The van der Waals surface area contributed by atoms with Gasteiger partial charge in [-0.15, -0.1) is 0 Å². The van der Waals surface area contributed by atoms with E-state index in [1.165, 1.54) is 0 Å². The average molecular weight is 370 g/mol. The fraction of sp³-hybridized carbons (Fsp3) is 0.143. The smallest absolute Gasteiger partial charge is 0.171 e. The highest BCUT2D eigenvalue weighted by atomic mass is 79.9. The molecule has 2 aromatic rings. The number of pyridine rings is 1. The molecule has 0 spiro atoms. The first-order valence-electron chi connectivity index (χ1n) is 6.11. The fourth-order valence-electron chi connectivity index (χ4n) is 1.91. The molecule has 0 fully saturated rings. The van der Waals surface area contributed by atoms with Crippen molar-refractivity contribution in [1.29, 1.82) is 0 Å². The number of oxime groups is 1. The Balaban J connectivity index is 2.32. The zero-order valence-corrected chi connectivity index (χ0v) is 13.6. The molecule has 0 bridgehead atoms. The van der Waals surface area contributed by atoms with Crippen LogP contribution in [0.5, 0.6) is 0 Å². The van der Waals surface area contributed by atoms with Gasteiger partial charge in [-0.25, -0.2) is 4.98 Å². The first-order valence-corrected chi connectivity index (χ1v) is 7.28. The summed E-state index contributed by atoms with van der Waals surface area (Å²) in [6.45, 7) is 0.619. The highest BCUT2D eigenvalue weighted by Crippen LogP contribution is 2.28. The normalized spacial score (nSPS) is 11.5. The first-order chi connectivity index (χ1) is 10.0. The molecule has 1 aromatic heterocycles. The summed E-state index contributed by atoms with van der Waals surface area (Å²) in [7, 11) is 1.88. The van der Waals surface area contributed by atoms with Gasteiger partial charge in [0.15, 0.2) is 5.84 Å². The Labute approximate surface area is 136 Å². The predicted molar refractivity (Wildman–Crippen MR) is 88.0 cm³/mol. The Bertz CT molecular complexity index is 678. The van der Waals surface area contributed by atoms with E-state index in [-0.39, 0.29) is 5.84 Å². The SMILES string of the molecule is CN(Cc1ccccc1Br)c1nccc(/C(N)=N/O)c1Cl. The third-order valence-corrected chi connectivity index (χ3v) is 4.13. The van der Waals surface area contributed by atoms with Crippen LogP contribution in [0.25, 0.3) is 0 Å². The standard InChI is InChI=1S/C14H14BrClN4O/c1-20(8-9-4-2-3-5-11(9)15)14-12(16)10(6-7-18-14)13(17)19-21/h2-7,21H,8H2,1H3,(H2,17,19). The van der Waals surface area contributed by atoms with Gasteiger partial charge in [-0.3, -0.25) is 0 Å². The maximum Gasteiger partial charge on any atom is 0.171 e. The van der Waals surface area contributed by atoms with E-state index in [1.54, 1.807) is 12.3 Å². The van der Waals surface area contributed by atoms with Crippen molar-refractivity contribution >= 4 is 39.2 Å². The van der Waals surface area contributed by atoms with Crippen LogP contribution in [0.15, 0.2) is 46.2 Å². The van der Waals surface area contributed by atoms with Crippen LogP contribution in [0.4, 0.5) is 5.82 Å². The molecule has 0 aliphatic rings. The number of nitrogens with two attached hydrogens (primary N) is 1. The van der Waals surface area contributed by atoms with Gasteiger partial charge >= 0.3 is 0 Å². The summed E-state index contributed by atoms with van der Waals surface area (Å²) in [5.74, 6) is 0.523. The lowest BCUT2D eigenvalue weighted by Crippen LogP contribution is -2.21. The van der Waals surface area contributed by atoms with Crippen LogP contribution in [0.3, 0.4) is 0 Å². The van der Waals surface area contributed by atoms with Gasteiger partial charge in [0.2, 0.25) is 0 Å². The zero-order chi connectivity index (χ0) is 15.4. The molecule has 2 rings (SSSR count). The van der Waals surface area contributed by atoms with E-state index in [4.69, 9.17) is 22.5 Å². The Hall–Kier alpha value is -1.79. The van der Waals surface area contributed by atoms with E-state index in [2.05, 4.69) is 26.1 Å². The van der Waals surface area contributed by atoms with Gasteiger partial charge in [-0.1, -0.05) is 50.9 Å². The summed E-state index contributed by atoms with van der Waals surface area (Å²) in [6.07, 6.45) is 1.57. The van der Waals surface area contributed by atoms with Gasteiger partial charge in [0, 0.05) is 29.8 Å². The maximum absolute atomic E-state index is 8.78. The molecular weight excluding hydrogens is 356 g/mol. The summed E-state index contributed by atoms with van der Waals surface area (Å²) >= 11 is 9.81. The van der Waals surface area contributed by atoms with Crippen molar-refractivity contribution in [2.45, 2.75) is 6.54 Å². The minimum atomic E-state index is -0.0436. The van der Waals surface area contributed by atoms with E-state index >= 15 is 0 Å². The lowest BCUT2D eigenvalue weighted by Gasteiger charge is -2.21. The number of rotatable bonds is 4. The minimum Gasteiger partial charge on any atom is -0.409 e. The number of nitrogens with zero attached hydrogens (tertiary/aromatic N) is 3. The summed E-state index contributed by atoms with van der Waals surface area (Å²) < 4.78 is 1.01. The molecule has 0 atom stereocenters. The molecule has 0 unspecified atom stereocenters. The molecule has 1 aromatic carbocycles. The van der Waals surface area contributed by atoms with E-state index in [9.17, 15) is 0 Å². The van der Waals surface area contributed by atoms with Gasteiger partial charge in [0.05, 0.1) is 5.02 Å². The van der Waals surface area contributed by atoms with E-state index in [0.717, 1.165) is 10.0 Å². The topological polar surface area (TPSA) is 74.7 Å². The van der Waals surface area contributed by atoms with Crippen molar-refractivity contribution in [3.8, 4) is 0 Å². The summed E-state index contributed by atoms with van der Waals surface area (Å²) in [6, 6.07) is 9.52. The predicted octanol–water partition coefficient (Wildman–Crippen LogP) is 3.23. The molecule has 0 saturated carbocycles. The monoisotopic (exact) mass is 368 g/mol. The van der Waals surface area contributed by atoms with E-state index in [1.807, 2.05) is 36.2 Å². The van der Waals surface area contributed by atoms with Crippen molar-refractivity contribution in [1.82, 2.24) is 4.98 Å². The molecule has 5 nitrogen and oxygen atoms in total.